The van der Waals surface area contributed by atoms with Gasteiger partial charge in [-0.05, 0) is 38.4 Å². The SMILES string of the molecule is Cc1nc2ccccc2nc1NCCCCN. The standard InChI is InChI=1S/C13H18N4/c1-10-13(15-9-5-4-8-14)17-12-7-3-2-6-11(12)16-10/h2-3,6-7H,4-5,8-9,14H2,1H3,(H,15,17). The Morgan fingerprint density at radius 3 is 2.53 bits per heavy atom. The van der Waals surface area contributed by atoms with Crippen molar-refractivity contribution in [3.8, 4) is 0 Å². The Morgan fingerprint density at radius 1 is 1.12 bits per heavy atom. The van der Waals surface area contributed by atoms with Gasteiger partial charge in [0.1, 0.15) is 5.82 Å². The summed E-state index contributed by atoms with van der Waals surface area (Å²) < 4.78 is 0. The quantitative estimate of drug-likeness (QED) is 0.772. The number of para-hydroxylation sites is 2. The molecule has 90 valence electrons. The third-order valence-corrected chi connectivity index (χ3v) is 2.67. The summed E-state index contributed by atoms with van der Waals surface area (Å²) in [6, 6.07) is 7.91. The average Bonchev–Trinajstić information content (AvgIpc) is 2.35. The normalized spacial score (nSPS) is 10.7. The first-order chi connectivity index (χ1) is 8.31. The van der Waals surface area contributed by atoms with Gasteiger partial charge in [-0.3, -0.25) is 0 Å². The number of benzene rings is 1. The molecule has 0 atom stereocenters. The van der Waals surface area contributed by atoms with Crippen molar-refractivity contribution in [2.24, 2.45) is 5.73 Å². The highest BCUT2D eigenvalue weighted by molar-refractivity contribution is 5.76. The van der Waals surface area contributed by atoms with Gasteiger partial charge < -0.3 is 11.1 Å². The van der Waals surface area contributed by atoms with E-state index in [4.69, 9.17) is 5.73 Å². The van der Waals surface area contributed by atoms with Gasteiger partial charge in [-0.1, -0.05) is 12.1 Å². The monoisotopic (exact) mass is 230 g/mol. The van der Waals surface area contributed by atoms with E-state index in [0.717, 1.165) is 48.5 Å². The van der Waals surface area contributed by atoms with Gasteiger partial charge in [-0.2, -0.15) is 0 Å². The molecule has 0 amide bonds. The molecule has 4 heteroatoms. The van der Waals surface area contributed by atoms with E-state index in [1.54, 1.807) is 0 Å². The number of hydrogen-bond acceptors (Lipinski definition) is 4. The van der Waals surface area contributed by atoms with E-state index >= 15 is 0 Å². The molecular weight excluding hydrogens is 212 g/mol. The van der Waals surface area contributed by atoms with Crippen molar-refractivity contribution >= 4 is 16.9 Å². The second kappa shape index (κ2) is 5.59. The molecule has 0 saturated carbocycles. The minimum atomic E-state index is 0.740. The Labute approximate surface area is 101 Å². The zero-order valence-corrected chi connectivity index (χ0v) is 10.1. The largest absolute Gasteiger partial charge is 0.369 e. The molecule has 0 aliphatic rings. The Balaban J connectivity index is 2.14. The molecule has 2 aromatic rings. The zero-order valence-electron chi connectivity index (χ0n) is 10.1. The minimum absolute atomic E-state index is 0.740. The first-order valence-corrected chi connectivity index (χ1v) is 5.98. The van der Waals surface area contributed by atoms with Crippen molar-refractivity contribution in [2.75, 3.05) is 18.4 Å². The van der Waals surface area contributed by atoms with E-state index in [9.17, 15) is 0 Å². The molecule has 0 aliphatic carbocycles. The lowest BCUT2D eigenvalue weighted by molar-refractivity contribution is 0.771. The maximum Gasteiger partial charge on any atom is 0.148 e. The van der Waals surface area contributed by atoms with Crippen LogP contribution in [0.4, 0.5) is 5.82 Å². The lowest BCUT2D eigenvalue weighted by Gasteiger charge is -2.08. The Bertz CT molecular complexity index is 496. The first kappa shape index (κ1) is 11.8. The van der Waals surface area contributed by atoms with Crippen LogP contribution < -0.4 is 11.1 Å². The van der Waals surface area contributed by atoms with Gasteiger partial charge in [0, 0.05) is 6.54 Å². The van der Waals surface area contributed by atoms with E-state index in [1.165, 1.54) is 0 Å². The van der Waals surface area contributed by atoms with Crippen LogP contribution in [0.25, 0.3) is 11.0 Å². The molecule has 0 fully saturated rings. The molecule has 0 spiro atoms. The smallest absolute Gasteiger partial charge is 0.148 e. The number of nitrogens with one attached hydrogen (secondary N) is 1. The molecule has 1 aromatic heterocycles. The van der Waals surface area contributed by atoms with Gasteiger partial charge >= 0.3 is 0 Å². The lowest BCUT2D eigenvalue weighted by Crippen LogP contribution is -2.08. The summed E-state index contributed by atoms with van der Waals surface area (Å²) in [4.78, 5) is 9.09. The van der Waals surface area contributed by atoms with Crippen molar-refractivity contribution in [1.82, 2.24) is 9.97 Å². The average molecular weight is 230 g/mol. The van der Waals surface area contributed by atoms with Gasteiger partial charge in [-0.25, -0.2) is 9.97 Å². The Kier molecular flexibility index (Phi) is 3.88. The zero-order chi connectivity index (χ0) is 12.1. The van der Waals surface area contributed by atoms with Crippen LogP contribution in [0.3, 0.4) is 0 Å². The van der Waals surface area contributed by atoms with E-state index in [1.807, 2.05) is 31.2 Å². The van der Waals surface area contributed by atoms with Crippen LogP contribution in [-0.2, 0) is 0 Å². The number of fused-ring (bicyclic) bond motifs is 1. The second-order valence-corrected chi connectivity index (χ2v) is 4.07. The second-order valence-electron chi connectivity index (χ2n) is 4.07. The highest BCUT2D eigenvalue weighted by Gasteiger charge is 2.03. The van der Waals surface area contributed by atoms with Crippen LogP contribution in [0, 0.1) is 6.92 Å². The van der Waals surface area contributed by atoms with Gasteiger partial charge in [0.05, 0.1) is 16.7 Å². The Morgan fingerprint density at radius 2 is 1.82 bits per heavy atom. The Hall–Kier alpha value is -1.68. The first-order valence-electron chi connectivity index (χ1n) is 5.98. The molecular formula is C13H18N4. The highest BCUT2D eigenvalue weighted by Crippen LogP contribution is 2.15. The van der Waals surface area contributed by atoms with E-state index in [0.29, 0.717) is 0 Å². The van der Waals surface area contributed by atoms with Crippen LogP contribution in [0.15, 0.2) is 24.3 Å². The summed E-state index contributed by atoms with van der Waals surface area (Å²) in [5, 5.41) is 3.31. The van der Waals surface area contributed by atoms with E-state index < -0.39 is 0 Å². The van der Waals surface area contributed by atoms with Gasteiger partial charge in [0.25, 0.3) is 0 Å². The predicted octanol–water partition coefficient (Wildman–Crippen LogP) is 2.09. The van der Waals surface area contributed by atoms with Crippen LogP contribution in [-0.4, -0.2) is 23.1 Å². The molecule has 2 rings (SSSR count). The molecule has 0 radical (unpaired) electrons. The van der Waals surface area contributed by atoms with Gasteiger partial charge in [0.15, 0.2) is 0 Å². The van der Waals surface area contributed by atoms with Gasteiger partial charge in [0.2, 0.25) is 0 Å². The van der Waals surface area contributed by atoms with Crippen LogP contribution in [0.5, 0.6) is 0 Å². The maximum absolute atomic E-state index is 5.46. The summed E-state index contributed by atoms with van der Waals surface area (Å²) in [6.07, 6.45) is 2.09. The number of unbranched alkanes of at least 4 members (excludes halogenated alkanes) is 1. The van der Waals surface area contributed by atoms with Gasteiger partial charge in [-0.15, -0.1) is 0 Å². The number of anilines is 1. The predicted molar refractivity (Wildman–Crippen MR) is 71.1 cm³/mol. The molecule has 0 saturated heterocycles. The number of hydrogen-bond donors (Lipinski definition) is 2. The number of rotatable bonds is 5. The minimum Gasteiger partial charge on any atom is -0.369 e. The molecule has 1 aromatic carbocycles. The number of nitrogens with two attached hydrogens (primary N) is 1. The van der Waals surface area contributed by atoms with E-state index in [2.05, 4.69) is 15.3 Å². The molecule has 3 N–H and O–H groups in total. The molecule has 17 heavy (non-hydrogen) atoms. The number of aromatic nitrogens is 2. The highest BCUT2D eigenvalue weighted by atomic mass is 15.0. The number of nitrogens with zero attached hydrogens (tertiary/aromatic N) is 2. The molecule has 0 aliphatic heterocycles. The van der Waals surface area contributed by atoms with Crippen LogP contribution >= 0.6 is 0 Å². The van der Waals surface area contributed by atoms with Crippen LogP contribution in [0.1, 0.15) is 18.5 Å². The topological polar surface area (TPSA) is 63.8 Å². The summed E-state index contributed by atoms with van der Waals surface area (Å²) in [6.45, 7) is 3.61. The summed E-state index contributed by atoms with van der Waals surface area (Å²) in [7, 11) is 0. The fourth-order valence-corrected chi connectivity index (χ4v) is 1.73. The molecule has 4 nitrogen and oxygen atoms in total. The van der Waals surface area contributed by atoms with Crippen molar-refractivity contribution < 1.29 is 0 Å². The third kappa shape index (κ3) is 2.91. The number of aryl methyl sites for hydroxylation is 1. The van der Waals surface area contributed by atoms with Crippen molar-refractivity contribution in [3.05, 3.63) is 30.0 Å². The van der Waals surface area contributed by atoms with Crippen molar-refractivity contribution in [3.63, 3.8) is 0 Å². The van der Waals surface area contributed by atoms with Crippen LogP contribution in [0.2, 0.25) is 0 Å². The van der Waals surface area contributed by atoms with Crippen molar-refractivity contribution in [1.29, 1.82) is 0 Å². The molecule has 0 bridgehead atoms. The maximum atomic E-state index is 5.46. The molecule has 1 heterocycles. The summed E-state index contributed by atoms with van der Waals surface area (Å²) >= 11 is 0. The fraction of sp³-hybridized carbons (Fsp3) is 0.385. The fourth-order valence-electron chi connectivity index (χ4n) is 1.73. The summed E-state index contributed by atoms with van der Waals surface area (Å²) in [5.41, 5.74) is 8.27. The van der Waals surface area contributed by atoms with Crippen molar-refractivity contribution in [2.45, 2.75) is 19.8 Å². The third-order valence-electron chi connectivity index (χ3n) is 2.67. The van der Waals surface area contributed by atoms with E-state index in [-0.39, 0.29) is 0 Å². The lowest BCUT2D eigenvalue weighted by atomic mass is 10.3. The molecule has 0 unspecified atom stereocenters. The summed E-state index contributed by atoms with van der Waals surface area (Å²) in [5.74, 6) is 0.876.